The van der Waals surface area contributed by atoms with Crippen LogP contribution in [-0.4, -0.2) is 32.4 Å². The Morgan fingerprint density at radius 1 is 1.15 bits per heavy atom. The number of carbonyl (C=O) groups excluding carboxylic acids is 1. The van der Waals surface area contributed by atoms with Crippen molar-refractivity contribution in [3.8, 4) is 5.82 Å². The summed E-state index contributed by atoms with van der Waals surface area (Å²) in [6, 6.07) is 8.10. The van der Waals surface area contributed by atoms with Crippen LogP contribution in [0.5, 0.6) is 0 Å². The molecule has 0 atom stereocenters. The second-order valence-electron chi connectivity index (χ2n) is 5.73. The van der Waals surface area contributed by atoms with Crippen molar-refractivity contribution in [2.24, 2.45) is 0 Å². The van der Waals surface area contributed by atoms with Crippen LogP contribution in [0, 0.1) is 0 Å². The lowest BCUT2D eigenvalue weighted by Gasteiger charge is -2.18. The predicted octanol–water partition coefficient (Wildman–Crippen LogP) is 3.56. The van der Waals surface area contributed by atoms with Crippen LogP contribution in [0.25, 0.3) is 5.82 Å². The number of amides is 1. The molecular weight excluding hydrogens is 345 g/mol. The number of aromatic nitrogens is 3. The third kappa shape index (κ3) is 3.90. The zero-order chi connectivity index (χ0) is 18.7. The number of hydrogen-bond acceptors (Lipinski definition) is 3. The topological polar surface area (TPSA) is 51.0 Å². The average Bonchev–Trinajstić information content (AvgIpc) is 3.15. The smallest absolute Gasteiger partial charge is 0.337 e. The fraction of sp³-hybridized carbons (Fsp3) is 0.167. The molecule has 134 valence electrons. The maximum Gasteiger partial charge on any atom is 0.416 e. The Morgan fingerprint density at radius 2 is 1.88 bits per heavy atom. The molecule has 1 amide bonds. The molecule has 0 saturated carbocycles. The van der Waals surface area contributed by atoms with Gasteiger partial charge in [0.1, 0.15) is 12.1 Å². The summed E-state index contributed by atoms with van der Waals surface area (Å²) < 4.78 is 39.5. The first kappa shape index (κ1) is 17.7. The minimum Gasteiger partial charge on any atom is -0.337 e. The van der Waals surface area contributed by atoms with E-state index in [1.165, 1.54) is 23.2 Å². The number of nitrogens with zero attached hydrogens (tertiary/aromatic N) is 4. The van der Waals surface area contributed by atoms with E-state index in [2.05, 4.69) is 9.97 Å². The molecular formula is C18H15F3N4O. The third-order valence-corrected chi connectivity index (χ3v) is 3.81. The number of imidazole rings is 1. The van der Waals surface area contributed by atoms with Crippen molar-refractivity contribution in [1.29, 1.82) is 0 Å². The Balaban J connectivity index is 1.67. The minimum absolute atomic E-state index is 0.195. The van der Waals surface area contributed by atoms with Gasteiger partial charge >= 0.3 is 6.18 Å². The van der Waals surface area contributed by atoms with Gasteiger partial charge in [0, 0.05) is 32.2 Å². The number of hydrogen-bond donors (Lipinski definition) is 0. The summed E-state index contributed by atoms with van der Waals surface area (Å²) in [6.07, 6.45) is 2.05. The van der Waals surface area contributed by atoms with Crippen molar-refractivity contribution in [2.75, 3.05) is 7.05 Å². The Morgan fingerprint density at radius 3 is 2.42 bits per heavy atom. The molecule has 0 aliphatic heterocycles. The van der Waals surface area contributed by atoms with Crippen molar-refractivity contribution in [3.05, 3.63) is 78.0 Å². The van der Waals surface area contributed by atoms with Crippen LogP contribution in [-0.2, 0) is 12.7 Å². The van der Waals surface area contributed by atoms with Gasteiger partial charge in [-0.2, -0.15) is 13.2 Å². The van der Waals surface area contributed by atoms with E-state index in [4.69, 9.17) is 0 Å². The molecule has 0 N–H and O–H groups in total. The summed E-state index contributed by atoms with van der Waals surface area (Å²) >= 11 is 0. The monoisotopic (exact) mass is 360 g/mol. The Kier molecular flexibility index (Phi) is 4.75. The Bertz CT molecular complexity index is 872. The van der Waals surface area contributed by atoms with E-state index in [9.17, 15) is 18.0 Å². The number of benzene rings is 1. The molecule has 0 fully saturated rings. The van der Waals surface area contributed by atoms with E-state index in [1.54, 1.807) is 42.5 Å². The van der Waals surface area contributed by atoms with Crippen LogP contribution in [0.1, 0.15) is 21.5 Å². The van der Waals surface area contributed by atoms with Crippen LogP contribution in [0.3, 0.4) is 0 Å². The van der Waals surface area contributed by atoms with Crippen LogP contribution < -0.4 is 0 Å². The van der Waals surface area contributed by atoms with E-state index in [0.717, 1.165) is 12.1 Å². The zero-order valence-corrected chi connectivity index (χ0v) is 13.8. The van der Waals surface area contributed by atoms with Gasteiger partial charge in [0.15, 0.2) is 0 Å². The van der Waals surface area contributed by atoms with Gasteiger partial charge < -0.3 is 4.90 Å². The Labute approximate surface area is 147 Å². The largest absolute Gasteiger partial charge is 0.416 e. The highest BCUT2D eigenvalue weighted by Crippen LogP contribution is 2.29. The molecule has 3 rings (SSSR count). The fourth-order valence-electron chi connectivity index (χ4n) is 2.43. The van der Waals surface area contributed by atoms with Gasteiger partial charge in [0.05, 0.1) is 11.1 Å². The summed E-state index contributed by atoms with van der Waals surface area (Å²) in [6.45, 7) is 0.195. The summed E-state index contributed by atoms with van der Waals surface area (Å²) in [5, 5.41) is 0. The van der Waals surface area contributed by atoms with E-state index >= 15 is 0 Å². The van der Waals surface area contributed by atoms with Crippen molar-refractivity contribution in [3.63, 3.8) is 0 Å². The minimum atomic E-state index is -4.37. The summed E-state index contributed by atoms with van der Waals surface area (Å²) in [7, 11) is 1.59. The summed E-state index contributed by atoms with van der Waals surface area (Å²) in [4.78, 5) is 22.0. The lowest BCUT2D eigenvalue weighted by molar-refractivity contribution is -0.137. The van der Waals surface area contributed by atoms with Gasteiger partial charge in [-0.05, 0) is 29.8 Å². The summed E-state index contributed by atoms with van der Waals surface area (Å²) in [5.74, 6) is 0.360. The molecule has 0 saturated heterocycles. The number of pyridine rings is 1. The molecule has 0 spiro atoms. The normalized spacial score (nSPS) is 11.4. The Hall–Kier alpha value is -3.16. The first-order valence-corrected chi connectivity index (χ1v) is 7.70. The van der Waals surface area contributed by atoms with Gasteiger partial charge in [-0.1, -0.05) is 12.1 Å². The second-order valence-corrected chi connectivity index (χ2v) is 5.73. The first-order valence-electron chi connectivity index (χ1n) is 7.70. The van der Waals surface area contributed by atoms with E-state index in [0.29, 0.717) is 16.9 Å². The number of rotatable bonds is 4. The van der Waals surface area contributed by atoms with E-state index < -0.39 is 11.7 Å². The molecule has 26 heavy (non-hydrogen) atoms. The zero-order valence-electron chi connectivity index (χ0n) is 13.8. The van der Waals surface area contributed by atoms with Crippen LogP contribution in [0.4, 0.5) is 13.2 Å². The second kappa shape index (κ2) is 6.99. The third-order valence-electron chi connectivity index (χ3n) is 3.81. The molecule has 0 aliphatic rings. The van der Waals surface area contributed by atoms with E-state index in [-0.39, 0.29) is 12.5 Å². The molecule has 0 bridgehead atoms. The molecule has 2 aromatic heterocycles. The van der Waals surface area contributed by atoms with Crippen molar-refractivity contribution >= 4 is 5.91 Å². The molecule has 1 aromatic carbocycles. The van der Waals surface area contributed by atoms with Gasteiger partial charge in [0.25, 0.3) is 5.91 Å². The fourth-order valence-corrected chi connectivity index (χ4v) is 2.43. The highest BCUT2D eigenvalue weighted by atomic mass is 19.4. The lowest BCUT2D eigenvalue weighted by atomic mass is 10.1. The van der Waals surface area contributed by atoms with Gasteiger partial charge in [-0.25, -0.2) is 9.97 Å². The maximum absolute atomic E-state index is 12.6. The molecule has 0 aliphatic carbocycles. The van der Waals surface area contributed by atoms with Gasteiger partial charge in [-0.15, -0.1) is 0 Å². The quantitative estimate of drug-likeness (QED) is 0.715. The average molecular weight is 360 g/mol. The number of carbonyl (C=O) groups is 1. The first-order chi connectivity index (χ1) is 12.3. The number of alkyl halides is 3. The van der Waals surface area contributed by atoms with Crippen LogP contribution in [0.15, 0.2) is 61.3 Å². The molecule has 0 radical (unpaired) electrons. The molecule has 0 unspecified atom stereocenters. The van der Waals surface area contributed by atoms with Gasteiger partial charge in [-0.3, -0.25) is 9.36 Å². The highest BCUT2D eigenvalue weighted by Gasteiger charge is 2.30. The highest BCUT2D eigenvalue weighted by molar-refractivity contribution is 5.93. The maximum atomic E-state index is 12.6. The SMILES string of the molecule is CN(Cc1ccc(C(F)(F)F)cc1)C(=O)c1ccc(-n2ccnc2)nc1. The van der Waals surface area contributed by atoms with Gasteiger partial charge in [0.2, 0.25) is 0 Å². The van der Waals surface area contributed by atoms with Crippen LogP contribution in [0.2, 0.25) is 0 Å². The van der Waals surface area contributed by atoms with E-state index in [1.807, 2.05) is 0 Å². The van der Waals surface area contributed by atoms with Crippen LogP contribution >= 0.6 is 0 Å². The molecule has 8 heteroatoms. The molecule has 5 nitrogen and oxygen atoms in total. The number of halogens is 3. The molecule has 2 heterocycles. The van der Waals surface area contributed by atoms with Crippen molar-refractivity contribution in [1.82, 2.24) is 19.4 Å². The predicted molar refractivity (Wildman–Crippen MR) is 88.6 cm³/mol. The van der Waals surface area contributed by atoms with Crippen molar-refractivity contribution in [2.45, 2.75) is 12.7 Å². The summed E-state index contributed by atoms with van der Waals surface area (Å²) in [5.41, 5.74) is 0.287. The van der Waals surface area contributed by atoms with Crippen molar-refractivity contribution < 1.29 is 18.0 Å². The lowest BCUT2D eigenvalue weighted by Crippen LogP contribution is -2.26. The standard InChI is InChI=1S/C18H15F3N4O/c1-24(11-13-2-5-15(6-3-13)18(19,20)21)17(26)14-4-7-16(23-10-14)25-9-8-22-12-25/h2-10,12H,11H2,1H3. The molecule has 3 aromatic rings.